The minimum Gasteiger partial charge on any atom is -0.497 e. The van der Waals surface area contributed by atoms with Gasteiger partial charge in [-0.05, 0) is 30.7 Å². The fourth-order valence-corrected chi connectivity index (χ4v) is 1.94. The van der Waals surface area contributed by atoms with Crippen LogP contribution in [0.15, 0.2) is 36.7 Å². The summed E-state index contributed by atoms with van der Waals surface area (Å²) in [6.07, 6.45) is 4.22. The topological polar surface area (TPSA) is 35.4 Å². The van der Waals surface area contributed by atoms with Crippen molar-refractivity contribution < 1.29 is 9.47 Å². The predicted molar refractivity (Wildman–Crippen MR) is 77.0 cm³/mol. The molecule has 1 N–H and O–H groups in total. The van der Waals surface area contributed by atoms with Gasteiger partial charge in [-0.25, -0.2) is 0 Å². The molecule has 2 aromatic rings. The highest BCUT2D eigenvalue weighted by Gasteiger charge is 2.05. The van der Waals surface area contributed by atoms with Gasteiger partial charge in [0.05, 0.1) is 19.9 Å². The Morgan fingerprint density at radius 1 is 1.16 bits per heavy atom. The Balaban J connectivity index is 2.09. The normalized spacial score (nSPS) is 10.3. The molecule has 0 aliphatic carbocycles. The standard InChI is InChI=1S/C15H20N2O2/c1-4-17-8-7-12(11-17)10-16-14-9-13(18-2)5-6-15(14)19-3/h5-9,11,16H,4,10H2,1-3H3. The van der Waals surface area contributed by atoms with Crippen molar-refractivity contribution in [2.75, 3.05) is 19.5 Å². The Morgan fingerprint density at radius 2 is 2.00 bits per heavy atom. The van der Waals surface area contributed by atoms with E-state index in [0.29, 0.717) is 0 Å². The maximum atomic E-state index is 5.34. The van der Waals surface area contributed by atoms with Gasteiger partial charge in [-0.2, -0.15) is 0 Å². The maximum Gasteiger partial charge on any atom is 0.142 e. The molecule has 1 aromatic carbocycles. The van der Waals surface area contributed by atoms with Crippen molar-refractivity contribution in [2.45, 2.75) is 20.0 Å². The second kappa shape index (κ2) is 6.18. The fraction of sp³-hybridized carbons (Fsp3) is 0.333. The van der Waals surface area contributed by atoms with Crippen LogP contribution in [0.25, 0.3) is 0 Å². The smallest absolute Gasteiger partial charge is 0.142 e. The first kappa shape index (κ1) is 13.3. The lowest BCUT2D eigenvalue weighted by Gasteiger charge is -2.12. The number of rotatable bonds is 6. The number of nitrogens with zero attached hydrogens (tertiary/aromatic N) is 1. The van der Waals surface area contributed by atoms with Gasteiger partial charge in [0.1, 0.15) is 11.5 Å². The first-order chi connectivity index (χ1) is 9.26. The summed E-state index contributed by atoms with van der Waals surface area (Å²) in [5.74, 6) is 1.63. The molecule has 4 nitrogen and oxygen atoms in total. The van der Waals surface area contributed by atoms with Crippen molar-refractivity contribution in [1.29, 1.82) is 0 Å². The quantitative estimate of drug-likeness (QED) is 0.866. The summed E-state index contributed by atoms with van der Waals surface area (Å²) in [5.41, 5.74) is 2.18. The lowest BCUT2D eigenvalue weighted by atomic mass is 10.2. The van der Waals surface area contributed by atoms with Gasteiger partial charge < -0.3 is 19.4 Å². The highest BCUT2D eigenvalue weighted by atomic mass is 16.5. The molecule has 2 rings (SSSR count). The van der Waals surface area contributed by atoms with Crippen LogP contribution in [0.4, 0.5) is 5.69 Å². The van der Waals surface area contributed by atoms with E-state index in [1.54, 1.807) is 14.2 Å². The third-order valence-electron chi connectivity index (χ3n) is 3.07. The molecule has 1 aromatic heterocycles. The molecule has 0 unspecified atom stereocenters. The molecule has 0 aliphatic rings. The summed E-state index contributed by atoms with van der Waals surface area (Å²) in [4.78, 5) is 0. The number of anilines is 1. The highest BCUT2D eigenvalue weighted by molar-refractivity contribution is 5.59. The van der Waals surface area contributed by atoms with E-state index in [0.717, 1.165) is 30.3 Å². The van der Waals surface area contributed by atoms with Gasteiger partial charge in [0.15, 0.2) is 0 Å². The average molecular weight is 260 g/mol. The minimum atomic E-state index is 0.760. The molecule has 0 amide bonds. The van der Waals surface area contributed by atoms with E-state index < -0.39 is 0 Å². The van der Waals surface area contributed by atoms with Crippen LogP contribution < -0.4 is 14.8 Å². The number of nitrogens with one attached hydrogen (secondary N) is 1. The van der Waals surface area contributed by atoms with E-state index in [-0.39, 0.29) is 0 Å². The zero-order chi connectivity index (χ0) is 13.7. The van der Waals surface area contributed by atoms with E-state index in [9.17, 15) is 0 Å². The van der Waals surface area contributed by atoms with Crippen LogP contribution in [0, 0.1) is 0 Å². The van der Waals surface area contributed by atoms with Crippen molar-refractivity contribution >= 4 is 5.69 Å². The molecule has 0 atom stereocenters. The molecule has 0 saturated heterocycles. The van der Waals surface area contributed by atoms with E-state index in [2.05, 4.69) is 35.3 Å². The Morgan fingerprint density at radius 3 is 2.63 bits per heavy atom. The number of hydrogen-bond acceptors (Lipinski definition) is 3. The largest absolute Gasteiger partial charge is 0.497 e. The highest BCUT2D eigenvalue weighted by Crippen LogP contribution is 2.29. The summed E-state index contributed by atoms with van der Waals surface area (Å²) < 4.78 is 12.7. The van der Waals surface area contributed by atoms with E-state index >= 15 is 0 Å². The van der Waals surface area contributed by atoms with Crippen LogP contribution in [0.2, 0.25) is 0 Å². The van der Waals surface area contributed by atoms with Crippen LogP contribution in [0.1, 0.15) is 12.5 Å². The van der Waals surface area contributed by atoms with Crippen molar-refractivity contribution in [3.05, 3.63) is 42.2 Å². The predicted octanol–water partition coefficient (Wildman–Crippen LogP) is 3.14. The Hall–Kier alpha value is -2.10. The number of hydrogen-bond donors (Lipinski definition) is 1. The van der Waals surface area contributed by atoms with Gasteiger partial charge in [-0.1, -0.05) is 0 Å². The molecule has 0 saturated carbocycles. The molecular weight excluding hydrogens is 240 g/mol. The lowest BCUT2D eigenvalue weighted by Crippen LogP contribution is -2.01. The Bertz CT molecular complexity index is 535. The molecule has 0 radical (unpaired) electrons. The Labute approximate surface area is 114 Å². The van der Waals surface area contributed by atoms with Gasteiger partial charge in [-0.3, -0.25) is 0 Å². The monoisotopic (exact) mass is 260 g/mol. The average Bonchev–Trinajstić information content (AvgIpc) is 2.92. The summed E-state index contributed by atoms with van der Waals surface area (Å²) in [7, 11) is 3.33. The van der Waals surface area contributed by atoms with Crippen molar-refractivity contribution in [3.63, 3.8) is 0 Å². The number of methoxy groups -OCH3 is 2. The third kappa shape index (κ3) is 3.22. The van der Waals surface area contributed by atoms with Gasteiger partial charge in [-0.15, -0.1) is 0 Å². The van der Waals surface area contributed by atoms with Crippen molar-refractivity contribution in [3.8, 4) is 11.5 Å². The molecule has 0 fully saturated rings. The molecule has 4 heteroatoms. The zero-order valence-corrected chi connectivity index (χ0v) is 11.6. The van der Waals surface area contributed by atoms with Crippen LogP contribution >= 0.6 is 0 Å². The summed E-state index contributed by atoms with van der Waals surface area (Å²) in [5, 5.41) is 3.37. The molecule has 102 valence electrons. The van der Waals surface area contributed by atoms with Gasteiger partial charge in [0.2, 0.25) is 0 Å². The van der Waals surface area contributed by atoms with Crippen LogP contribution in [0.3, 0.4) is 0 Å². The first-order valence-electron chi connectivity index (χ1n) is 6.37. The second-order valence-corrected chi connectivity index (χ2v) is 4.27. The lowest BCUT2D eigenvalue weighted by molar-refractivity contribution is 0.404. The molecular formula is C15H20N2O2. The number of aryl methyl sites for hydroxylation is 1. The van der Waals surface area contributed by atoms with E-state index in [4.69, 9.17) is 9.47 Å². The van der Waals surface area contributed by atoms with Gasteiger partial charge in [0, 0.05) is 31.5 Å². The van der Waals surface area contributed by atoms with Crippen molar-refractivity contribution in [2.24, 2.45) is 0 Å². The van der Waals surface area contributed by atoms with E-state index in [1.807, 2.05) is 18.2 Å². The zero-order valence-electron chi connectivity index (χ0n) is 11.6. The van der Waals surface area contributed by atoms with Crippen LogP contribution in [-0.2, 0) is 13.1 Å². The SMILES string of the molecule is CCn1ccc(CNc2cc(OC)ccc2OC)c1. The maximum absolute atomic E-state index is 5.34. The molecule has 0 aliphatic heterocycles. The summed E-state index contributed by atoms with van der Waals surface area (Å²) >= 11 is 0. The number of aromatic nitrogens is 1. The molecule has 0 bridgehead atoms. The number of benzene rings is 1. The Kier molecular flexibility index (Phi) is 4.34. The van der Waals surface area contributed by atoms with Gasteiger partial charge in [0.25, 0.3) is 0 Å². The molecule has 19 heavy (non-hydrogen) atoms. The summed E-state index contributed by atoms with van der Waals surface area (Å²) in [6, 6.07) is 7.84. The van der Waals surface area contributed by atoms with Crippen LogP contribution in [0.5, 0.6) is 11.5 Å². The molecule has 0 spiro atoms. The van der Waals surface area contributed by atoms with Crippen molar-refractivity contribution in [1.82, 2.24) is 4.57 Å². The molecule has 1 heterocycles. The van der Waals surface area contributed by atoms with E-state index in [1.165, 1.54) is 5.56 Å². The number of ether oxygens (including phenoxy) is 2. The summed E-state index contributed by atoms with van der Waals surface area (Å²) in [6.45, 7) is 3.88. The van der Waals surface area contributed by atoms with Gasteiger partial charge >= 0.3 is 0 Å². The fourth-order valence-electron chi connectivity index (χ4n) is 1.94. The first-order valence-corrected chi connectivity index (χ1v) is 6.37. The minimum absolute atomic E-state index is 0.760. The van der Waals surface area contributed by atoms with Crippen LogP contribution in [-0.4, -0.2) is 18.8 Å². The third-order valence-corrected chi connectivity index (χ3v) is 3.07. The second-order valence-electron chi connectivity index (χ2n) is 4.27.